The first-order valence-corrected chi connectivity index (χ1v) is 8.41. The maximum Gasteiger partial charge on any atom is 0.280 e. The van der Waals surface area contributed by atoms with Crippen LogP contribution in [-0.4, -0.2) is 25.9 Å². The minimum atomic E-state index is -0.814. The predicted octanol–water partition coefficient (Wildman–Crippen LogP) is 3.31. The van der Waals surface area contributed by atoms with Gasteiger partial charge in [-0.15, -0.1) is 0 Å². The second-order valence-electron chi connectivity index (χ2n) is 5.22. The molecule has 0 spiro atoms. The van der Waals surface area contributed by atoms with Crippen LogP contribution in [-0.2, 0) is 0 Å². The second-order valence-corrected chi connectivity index (χ2v) is 6.57. The zero-order valence-corrected chi connectivity index (χ0v) is 15.3. The first kappa shape index (κ1) is 18.0. The topological polar surface area (TPSA) is 104 Å². The summed E-state index contributed by atoms with van der Waals surface area (Å²) in [6, 6.07) is 11.7. The van der Waals surface area contributed by atoms with Crippen LogP contribution in [0.25, 0.3) is 5.69 Å². The number of hydrogen-bond acceptors (Lipinski definition) is 5. The lowest BCUT2D eigenvalue weighted by Gasteiger charge is -2.10. The zero-order chi connectivity index (χ0) is 18.8. The average molecular weight is 437 g/mol. The summed E-state index contributed by atoms with van der Waals surface area (Å²) in [5, 5.41) is 26.4. The van der Waals surface area contributed by atoms with Crippen LogP contribution in [0.15, 0.2) is 57.8 Å². The second kappa shape index (κ2) is 7.19. The summed E-state index contributed by atoms with van der Waals surface area (Å²) < 4.78 is 1.79. The first-order chi connectivity index (χ1) is 12.3. The van der Waals surface area contributed by atoms with Crippen molar-refractivity contribution in [3.63, 3.8) is 0 Å². The van der Waals surface area contributed by atoms with Gasteiger partial charge in [-0.2, -0.15) is 9.78 Å². The Labute approximate surface area is 160 Å². The third kappa shape index (κ3) is 3.71. The molecule has 3 N–H and O–H groups in total. The van der Waals surface area contributed by atoms with Crippen LogP contribution in [0.2, 0.25) is 5.02 Å². The average Bonchev–Trinajstić information content (AvgIpc) is 2.59. The third-order valence-corrected chi connectivity index (χ3v) is 4.17. The van der Waals surface area contributed by atoms with E-state index < -0.39 is 17.2 Å². The van der Waals surface area contributed by atoms with Gasteiger partial charge in [0.1, 0.15) is 5.75 Å². The molecule has 0 aliphatic carbocycles. The van der Waals surface area contributed by atoms with Gasteiger partial charge in [0.25, 0.3) is 11.5 Å². The quantitative estimate of drug-likeness (QED) is 0.546. The number of phenols is 1. The molecule has 0 aliphatic heterocycles. The Morgan fingerprint density at radius 2 is 1.77 bits per heavy atom. The molecule has 7 nitrogen and oxygen atoms in total. The highest BCUT2D eigenvalue weighted by molar-refractivity contribution is 9.10. The molecule has 0 unspecified atom stereocenters. The number of amides is 1. The van der Waals surface area contributed by atoms with Crippen LogP contribution in [0, 0.1) is 0 Å². The molecule has 1 heterocycles. The van der Waals surface area contributed by atoms with E-state index >= 15 is 0 Å². The van der Waals surface area contributed by atoms with E-state index in [0.717, 1.165) is 15.2 Å². The number of hydrogen-bond donors (Lipinski definition) is 3. The lowest BCUT2D eigenvalue weighted by molar-refractivity contribution is 0.101. The van der Waals surface area contributed by atoms with E-state index in [-0.39, 0.29) is 17.1 Å². The predicted molar refractivity (Wildman–Crippen MR) is 100 cm³/mol. The fraction of sp³-hybridized carbons (Fsp3) is 0. The van der Waals surface area contributed by atoms with Crippen molar-refractivity contribution in [2.24, 2.45) is 0 Å². The van der Waals surface area contributed by atoms with E-state index in [1.54, 1.807) is 24.3 Å². The molecule has 1 amide bonds. The molecule has 2 aromatic carbocycles. The fourth-order valence-electron chi connectivity index (χ4n) is 2.17. The normalized spacial score (nSPS) is 10.5. The molecule has 0 aliphatic rings. The Bertz CT molecular complexity index is 1050. The molecule has 0 fully saturated rings. The molecule has 0 atom stereocenters. The SMILES string of the molecule is O=C(Nc1cc(Cl)ccc1O)c1nn(-c2ccc(Br)cc2)c(=O)cc1O. The van der Waals surface area contributed by atoms with Crippen molar-refractivity contribution < 1.29 is 15.0 Å². The standard InChI is InChI=1S/C17H11BrClN3O4/c18-9-1-4-11(5-2-9)22-15(25)8-14(24)16(21-22)17(26)20-12-7-10(19)3-6-13(12)23/h1-8,23-24H,(H,20,26). The molecule has 0 saturated heterocycles. The van der Waals surface area contributed by atoms with Gasteiger partial charge in [0, 0.05) is 15.6 Å². The molecule has 0 saturated carbocycles. The molecular weight excluding hydrogens is 426 g/mol. The number of rotatable bonds is 3. The highest BCUT2D eigenvalue weighted by Crippen LogP contribution is 2.27. The summed E-state index contributed by atoms with van der Waals surface area (Å²) in [7, 11) is 0. The van der Waals surface area contributed by atoms with Crippen LogP contribution in [0.1, 0.15) is 10.5 Å². The third-order valence-electron chi connectivity index (χ3n) is 3.40. The smallest absolute Gasteiger partial charge is 0.280 e. The molecule has 3 aromatic rings. The summed E-state index contributed by atoms with van der Waals surface area (Å²) in [5.74, 6) is -1.60. The van der Waals surface area contributed by atoms with E-state index in [1.807, 2.05) is 0 Å². The van der Waals surface area contributed by atoms with Crippen molar-refractivity contribution in [1.82, 2.24) is 9.78 Å². The highest BCUT2D eigenvalue weighted by Gasteiger charge is 2.18. The largest absolute Gasteiger partial charge is 0.506 e. The number of anilines is 1. The van der Waals surface area contributed by atoms with Gasteiger partial charge in [-0.3, -0.25) is 9.59 Å². The van der Waals surface area contributed by atoms with Gasteiger partial charge in [-0.1, -0.05) is 27.5 Å². The molecule has 0 bridgehead atoms. The van der Waals surface area contributed by atoms with E-state index in [2.05, 4.69) is 26.3 Å². The molecule has 26 heavy (non-hydrogen) atoms. The maximum absolute atomic E-state index is 12.4. The van der Waals surface area contributed by atoms with Crippen molar-refractivity contribution in [2.75, 3.05) is 5.32 Å². The van der Waals surface area contributed by atoms with E-state index in [1.165, 1.54) is 18.2 Å². The number of carbonyl (C=O) groups is 1. The zero-order valence-electron chi connectivity index (χ0n) is 13.0. The van der Waals surface area contributed by atoms with Gasteiger partial charge in [0.2, 0.25) is 0 Å². The molecule has 132 valence electrons. The minimum Gasteiger partial charge on any atom is -0.506 e. The van der Waals surface area contributed by atoms with Crippen LogP contribution in [0.5, 0.6) is 11.5 Å². The molecular formula is C17H11BrClN3O4. The number of benzene rings is 2. The van der Waals surface area contributed by atoms with Crippen molar-refractivity contribution in [2.45, 2.75) is 0 Å². The number of nitrogens with one attached hydrogen (secondary N) is 1. The number of phenolic OH excluding ortho intramolecular Hbond substituents is 1. The van der Waals surface area contributed by atoms with Gasteiger partial charge in [0.15, 0.2) is 11.4 Å². The summed E-state index contributed by atoms with van der Waals surface area (Å²) in [6.45, 7) is 0. The molecule has 9 heteroatoms. The lowest BCUT2D eigenvalue weighted by atomic mass is 10.2. The summed E-state index contributed by atoms with van der Waals surface area (Å²) in [6.07, 6.45) is 0. The Balaban J connectivity index is 2.00. The fourth-order valence-corrected chi connectivity index (χ4v) is 2.60. The Kier molecular flexibility index (Phi) is 4.97. The van der Waals surface area contributed by atoms with Gasteiger partial charge < -0.3 is 15.5 Å². The van der Waals surface area contributed by atoms with Crippen molar-refractivity contribution in [3.8, 4) is 17.2 Å². The minimum absolute atomic E-state index is 0.0464. The number of nitrogens with zero attached hydrogens (tertiary/aromatic N) is 2. The number of halogens is 2. The Hall–Kier alpha value is -2.84. The van der Waals surface area contributed by atoms with Gasteiger partial charge >= 0.3 is 0 Å². The molecule has 1 aromatic heterocycles. The maximum atomic E-state index is 12.4. The summed E-state index contributed by atoms with van der Waals surface area (Å²) in [4.78, 5) is 24.5. The van der Waals surface area contributed by atoms with Crippen LogP contribution < -0.4 is 10.9 Å². The van der Waals surface area contributed by atoms with Gasteiger partial charge in [-0.05, 0) is 42.5 Å². The van der Waals surface area contributed by atoms with E-state index in [9.17, 15) is 19.8 Å². The van der Waals surface area contributed by atoms with Crippen molar-refractivity contribution in [1.29, 1.82) is 0 Å². The Morgan fingerprint density at radius 1 is 1.08 bits per heavy atom. The Morgan fingerprint density at radius 3 is 2.46 bits per heavy atom. The van der Waals surface area contributed by atoms with Gasteiger partial charge in [0.05, 0.1) is 11.4 Å². The number of aromatic hydroxyl groups is 2. The van der Waals surface area contributed by atoms with E-state index in [4.69, 9.17) is 11.6 Å². The highest BCUT2D eigenvalue weighted by atomic mass is 79.9. The van der Waals surface area contributed by atoms with Crippen LogP contribution in [0.3, 0.4) is 0 Å². The number of carbonyl (C=O) groups excluding carboxylic acids is 1. The first-order valence-electron chi connectivity index (χ1n) is 7.24. The summed E-state index contributed by atoms with van der Waals surface area (Å²) in [5.41, 5.74) is -0.526. The van der Waals surface area contributed by atoms with Crippen molar-refractivity contribution >= 4 is 39.1 Å². The lowest BCUT2D eigenvalue weighted by Crippen LogP contribution is -2.25. The monoisotopic (exact) mass is 435 g/mol. The molecule has 3 rings (SSSR count). The summed E-state index contributed by atoms with van der Waals surface area (Å²) >= 11 is 9.13. The van der Waals surface area contributed by atoms with Crippen LogP contribution >= 0.6 is 27.5 Å². The van der Waals surface area contributed by atoms with Gasteiger partial charge in [-0.25, -0.2) is 0 Å². The van der Waals surface area contributed by atoms with E-state index in [0.29, 0.717) is 10.7 Å². The van der Waals surface area contributed by atoms with Crippen LogP contribution in [0.4, 0.5) is 5.69 Å². The molecule has 0 radical (unpaired) electrons. The van der Waals surface area contributed by atoms with Crippen molar-refractivity contribution in [3.05, 3.63) is 74.1 Å². The number of aromatic nitrogens is 2.